The number of rotatable bonds is 8. The Morgan fingerprint density at radius 2 is 2.07 bits per heavy atom. The quantitative estimate of drug-likeness (QED) is 0.402. The van der Waals surface area contributed by atoms with Gasteiger partial charge >= 0.3 is 5.69 Å². The molecule has 0 aliphatic rings. The van der Waals surface area contributed by atoms with Gasteiger partial charge < -0.3 is 14.5 Å². The van der Waals surface area contributed by atoms with Crippen LogP contribution in [0.15, 0.2) is 45.3 Å². The first kappa shape index (κ1) is 20.6. The predicted octanol–water partition coefficient (Wildman–Crippen LogP) is 3.77. The van der Waals surface area contributed by atoms with Gasteiger partial charge in [0.2, 0.25) is 0 Å². The SMILES string of the molecule is Cc1nn(CCNC(=O)c2ccc(COc3ccccc3Br)o2)c(C)c1[N+](=O)[O-]. The van der Waals surface area contributed by atoms with Crippen LogP contribution in [0.3, 0.4) is 0 Å². The number of carbonyl (C=O) groups is 1. The van der Waals surface area contributed by atoms with E-state index in [0.717, 1.165) is 4.47 Å². The van der Waals surface area contributed by atoms with E-state index in [4.69, 9.17) is 9.15 Å². The van der Waals surface area contributed by atoms with E-state index >= 15 is 0 Å². The standard InChI is InChI=1S/C19H19BrN4O5/c1-12-18(24(26)27)13(2)23(22-12)10-9-21-19(25)17-8-7-14(29-17)11-28-16-6-4-3-5-15(16)20/h3-8H,9-11H2,1-2H3,(H,21,25). The van der Waals surface area contributed by atoms with Crippen LogP contribution >= 0.6 is 15.9 Å². The van der Waals surface area contributed by atoms with Gasteiger partial charge in [0.25, 0.3) is 5.91 Å². The molecular formula is C19H19BrN4O5. The summed E-state index contributed by atoms with van der Waals surface area (Å²) in [7, 11) is 0. The van der Waals surface area contributed by atoms with E-state index in [-0.39, 0.29) is 30.5 Å². The van der Waals surface area contributed by atoms with E-state index in [1.807, 2.05) is 24.3 Å². The number of nitrogens with one attached hydrogen (secondary N) is 1. The molecule has 0 saturated heterocycles. The summed E-state index contributed by atoms with van der Waals surface area (Å²) in [5.41, 5.74) is 0.794. The minimum Gasteiger partial charge on any atom is -0.484 e. The molecule has 2 heterocycles. The average molecular weight is 463 g/mol. The highest BCUT2D eigenvalue weighted by molar-refractivity contribution is 9.10. The summed E-state index contributed by atoms with van der Waals surface area (Å²) < 4.78 is 13.5. The molecule has 3 rings (SSSR count). The number of para-hydroxylation sites is 1. The number of aryl methyl sites for hydroxylation is 1. The first-order chi connectivity index (χ1) is 13.9. The monoisotopic (exact) mass is 462 g/mol. The maximum atomic E-state index is 12.3. The van der Waals surface area contributed by atoms with Gasteiger partial charge in [0.1, 0.15) is 29.5 Å². The second-order valence-electron chi connectivity index (χ2n) is 6.24. The Balaban J connectivity index is 1.52. The molecule has 0 bridgehead atoms. The Morgan fingerprint density at radius 1 is 1.31 bits per heavy atom. The van der Waals surface area contributed by atoms with Gasteiger partial charge in [-0.05, 0) is 54.0 Å². The molecule has 0 aliphatic carbocycles. The summed E-state index contributed by atoms with van der Waals surface area (Å²) in [5.74, 6) is 0.970. The van der Waals surface area contributed by atoms with Crippen molar-refractivity contribution in [3.05, 3.63) is 73.9 Å². The summed E-state index contributed by atoms with van der Waals surface area (Å²) >= 11 is 3.40. The van der Waals surface area contributed by atoms with Gasteiger partial charge in [-0.15, -0.1) is 0 Å². The zero-order chi connectivity index (χ0) is 21.0. The van der Waals surface area contributed by atoms with Crippen molar-refractivity contribution in [1.82, 2.24) is 15.1 Å². The Labute approximate surface area is 174 Å². The summed E-state index contributed by atoms with van der Waals surface area (Å²) in [6.45, 7) is 3.96. The molecule has 1 N–H and O–H groups in total. The highest BCUT2D eigenvalue weighted by Gasteiger charge is 2.21. The van der Waals surface area contributed by atoms with Crippen LogP contribution in [0.25, 0.3) is 0 Å². The first-order valence-corrected chi connectivity index (χ1v) is 9.58. The highest BCUT2D eigenvalue weighted by atomic mass is 79.9. The fourth-order valence-corrected chi connectivity index (χ4v) is 3.22. The fraction of sp³-hybridized carbons (Fsp3) is 0.263. The van der Waals surface area contributed by atoms with E-state index in [2.05, 4.69) is 26.3 Å². The smallest absolute Gasteiger partial charge is 0.312 e. The molecule has 0 saturated carbocycles. The van der Waals surface area contributed by atoms with Crippen LogP contribution in [0.1, 0.15) is 27.7 Å². The second kappa shape index (κ2) is 8.91. The lowest BCUT2D eigenvalue weighted by Crippen LogP contribution is -2.27. The van der Waals surface area contributed by atoms with Gasteiger partial charge in [-0.1, -0.05) is 12.1 Å². The highest BCUT2D eigenvalue weighted by Crippen LogP contribution is 2.25. The van der Waals surface area contributed by atoms with Gasteiger partial charge in [0, 0.05) is 6.54 Å². The van der Waals surface area contributed by atoms with E-state index in [1.165, 1.54) is 4.68 Å². The van der Waals surface area contributed by atoms with Gasteiger partial charge in [0.15, 0.2) is 5.76 Å². The van der Waals surface area contributed by atoms with Crippen molar-refractivity contribution in [3.63, 3.8) is 0 Å². The number of aromatic nitrogens is 2. The Morgan fingerprint density at radius 3 is 2.76 bits per heavy atom. The van der Waals surface area contributed by atoms with E-state index in [0.29, 0.717) is 29.4 Å². The molecule has 3 aromatic rings. The number of furan rings is 1. The molecule has 2 aromatic heterocycles. The molecule has 9 nitrogen and oxygen atoms in total. The maximum Gasteiger partial charge on any atom is 0.312 e. The van der Waals surface area contributed by atoms with Crippen LogP contribution in [0.5, 0.6) is 5.75 Å². The van der Waals surface area contributed by atoms with Gasteiger partial charge in [-0.25, -0.2) is 0 Å². The van der Waals surface area contributed by atoms with E-state index in [1.54, 1.807) is 26.0 Å². The van der Waals surface area contributed by atoms with Crippen molar-refractivity contribution in [2.24, 2.45) is 0 Å². The summed E-state index contributed by atoms with van der Waals surface area (Å²) in [6, 6.07) is 10.7. The van der Waals surface area contributed by atoms with E-state index < -0.39 is 4.92 Å². The van der Waals surface area contributed by atoms with Crippen molar-refractivity contribution < 1.29 is 18.9 Å². The zero-order valence-electron chi connectivity index (χ0n) is 15.8. The van der Waals surface area contributed by atoms with Gasteiger partial charge in [0.05, 0.1) is 15.9 Å². The number of carbonyl (C=O) groups excluding carboxylic acids is 1. The number of ether oxygens (including phenoxy) is 1. The molecule has 0 atom stereocenters. The first-order valence-electron chi connectivity index (χ1n) is 8.79. The number of amides is 1. The molecule has 0 radical (unpaired) electrons. The van der Waals surface area contributed by atoms with E-state index in [9.17, 15) is 14.9 Å². The third-order valence-corrected chi connectivity index (χ3v) is 4.88. The summed E-state index contributed by atoms with van der Waals surface area (Å²) in [4.78, 5) is 22.8. The second-order valence-corrected chi connectivity index (χ2v) is 7.09. The minimum absolute atomic E-state index is 0.00273. The molecule has 10 heteroatoms. The van der Waals surface area contributed by atoms with Crippen molar-refractivity contribution in [2.45, 2.75) is 27.0 Å². The molecule has 152 valence electrons. The lowest BCUT2D eigenvalue weighted by atomic mass is 10.3. The zero-order valence-corrected chi connectivity index (χ0v) is 17.4. The number of nitrogens with zero attached hydrogens (tertiary/aromatic N) is 3. The average Bonchev–Trinajstić information content (AvgIpc) is 3.25. The van der Waals surface area contributed by atoms with Crippen LogP contribution < -0.4 is 10.1 Å². The molecular weight excluding hydrogens is 444 g/mol. The van der Waals surface area contributed by atoms with Crippen molar-refractivity contribution in [3.8, 4) is 5.75 Å². The van der Waals surface area contributed by atoms with Crippen LogP contribution in [-0.2, 0) is 13.2 Å². The topological polar surface area (TPSA) is 112 Å². The number of hydrogen-bond acceptors (Lipinski definition) is 6. The molecule has 29 heavy (non-hydrogen) atoms. The molecule has 1 amide bonds. The summed E-state index contributed by atoms with van der Waals surface area (Å²) in [5, 5.41) is 17.9. The number of benzene rings is 1. The van der Waals surface area contributed by atoms with Gasteiger partial charge in [-0.3, -0.25) is 19.6 Å². The third kappa shape index (κ3) is 4.83. The minimum atomic E-state index is -0.451. The lowest BCUT2D eigenvalue weighted by Gasteiger charge is -2.06. The van der Waals surface area contributed by atoms with Crippen LogP contribution in [0, 0.1) is 24.0 Å². The molecule has 0 aliphatic heterocycles. The van der Waals surface area contributed by atoms with Crippen LogP contribution in [-0.4, -0.2) is 27.2 Å². The number of halogens is 1. The largest absolute Gasteiger partial charge is 0.484 e. The maximum absolute atomic E-state index is 12.3. The summed E-state index contributed by atoms with van der Waals surface area (Å²) in [6.07, 6.45) is 0. The number of hydrogen-bond donors (Lipinski definition) is 1. The molecule has 0 unspecified atom stereocenters. The molecule has 1 aromatic carbocycles. The Bertz CT molecular complexity index is 1040. The van der Waals surface area contributed by atoms with Crippen molar-refractivity contribution in [1.29, 1.82) is 0 Å². The normalized spacial score (nSPS) is 10.7. The Hall–Kier alpha value is -3.14. The predicted molar refractivity (Wildman–Crippen MR) is 108 cm³/mol. The molecule has 0 spiro atoms. The van der Waals surface area contributed by atoms with Crippen LogP contribution in [0.2, 0.25) is 0 Å². The Kier molecular flexibility index (Phi) is 6.32. The lowest BCUT2D eigenvalue weighted by molar-refractivity contribution is -0.386. The van der Waals surface area contributed by atoms with Crippen molar-refractivity contribution in [2.75, 3.05) is 6.54 Å². The van der Waals surface area contributed by atoms with Gasteiger partial charge in [-0.2, -0.15) is 5.10 Å². The van der Waals surface area contributed by atoms with Crippen molar-refractivity contribution >= 4 is 27.5 Å². The molecule has 0 fully saturated rings. The third-order valence-electron chi connectivity index (χ3n) is 4.23. The fourth-order valence-electron chi connectivity index (χ4n) is 2.82. The number of nitro groups is 1. The van der Waals surface area contributed by atoms with Crippen LogP contribution in [0.4, 0.5) is 5.69 Å².